The third-order valence-electron chi connectivity index (χ3n) is 3.81. The maximum absolute atomic E-state index is 9.27. The first-order valence-corrected chi connectivity index (χ1v) is 6.58. The van der Waals surface area contributed by atoms with Gasteiger partial charge in [0, 0.05) is 13.1 Å². The van der Waals surface area contributed by atoms with Crippen LogP contribution in [0.1, 0.15) is 16.7 Å². The fourth-order valence-corrected chi connectivity index (χ4v) is 2.80. The smallest absolute Gasteiger partial charge is 0.0995 e. The molecule has 2 aromatic rings. The van der Waals surface area contributed by atoms with Gasteiger partial charge in [-0.15, -0.1) is 0 Å². The Morgan fingerprint density at radius 2 is 1.84 bits per heavy atom. The zero-order valence-electron chi connectivity index (χ0n) is 11.1. The van der Waals surface area contributed by atoms with Crippen LogP contribution in [0.5, 0.6) is 0 Å². The molecule has 2 heteroatoms. The summed E-state index contributed by atoms with van der Waals surface area (Å²) in [5, 5.41) is 9.27. The highest BCUT2D eigenvalue weighted by molar-refractivity contribution is 5.71. The number of likely N-dealkylation sites (N-methyl/N-ethyl adjacent to an activating group) is 1. The van der Waals surface area contributed by atoms with Crippen molar-refractivity contribution in [2.45, 2.75) is 13.0 Å². The molecule has 0 saturated heterocycles. The average Bonchev–Trinajstić information content (AvgIpc) is 2.47. The summed E-state index contributed by atoms with van der Waals surface area (Å²) >= 11 is 0. The Balaban J connectivity index is 2.19. The minimum absolute atomic E-state index is 0.821. The molecule has 0 atom stereocenters. The van der Waals surface area contributed by atoms with Crippen LogP contribution in [0.15, 0.2) is 42.5 Å². The highest BCUT2D eigenvalue weighted by atomic mass is 15.1. The lowest BCUT2D eigenvalue weighted by Gasteiger charge is -2.27. The summed E-state index contributed by atoms with van der Waals surface area (Å²) < 4.78 is 0. The van der Waals surface area contributed by atoms with Crippen molar-refractivity contribution in [3.05, 3.63) is 59.2 Å². The van der Waals surface area contributed by atoms with Crippen LogP contribution in [0.2, 0.25) is 0 Å². The van der Waals surface area contributed by atoms with E-state index in [0.29, 0.717) is 0 Å². The standard InChI is InChI=1S/C17H16N2/c1-19-10-9-16-15(13-5-3-2-4-6-13)8-7-14(11-18)17(16)12-19/h2-8H,9-10,12H2,1H3. The van der Waals surface area contributed by atoms with Crippen LogP contribution in [-0.2, 0) is 13.0 Å². The summed E-state index contributed by atoms with van der Waals surface area (Å²) in [5.74, 6) is 0. The van der Waals surface area contributed by atoms with Gasteiger partial charge in [-0.1, -0.05) is 36.4 Å². The molecule has 0 N–H and O–H groups in total. The molecule has 1 aliphatic rings. The summed E-state index contributed by atoms with van der Waals surface area (Å²) in [6.45, 7) is 1.93. The molecule has 0 radical (unpaired) electrons. The molecular formula is C17H16N2. The Hall–Kier alpha value is -2.11. The number of rotatable bonds is 1. The second-order valence-corrected chi connectivity index (χ2v) is 5.08. The summed E-state index contributed by atoms with van der Waals surface area (Å²) in [5.41, 5.74) is 5.90. The van der Waals surface area contributed by atoms with Crippen LogP contribution < -0.4 is 0 Å². The number of nitrogens with zero attached hydrogens (tertiary/aromatic N) is 2. The van der Waals surface area contributed by atoms with Crippen LogP contribution in [0.3, 0.4) is 0 Å². The lowest BCUT2D eigenvalue weighted by Crippen LogP contribution is -2.27. The molecule has 0 aromatic heterocycles. The Kier molecular flexibility index (Phi) is 3.06. The van der Waals surface area contributed by atoms with Crippen molar-refractivity contribution in [3.8, 4) is 17.2 Å². The fraction of sp³-hybridized carbons (Fsp3) is 0.235. The molecular weight excluding hydrogens is 232 g/mol. The topological polar surface area (TPSA) is 27.0 Å². The second-order valence-electron chi connectivity index (χ2n) is 5.08. The Labute approximate surface area is 113 Å². The zero-order chi connectivity index (χ0) is 13.2. The Morgan fingerprint density at radius 3 is 2.58 bits per heavy atom. The van der Waals surface area contributed by atoms with Crippen LogP contribution in [0.4, 0.5) is 0 Å². The molecule has 2 nitrogen and oxygen atoms in total. The SMILES string of the molecule is CN1CCc2c(-c3ccccc3)ccc(C#N)c2C1. The monoisotopic (exact) mass is 248 g/mol. The van der Waals surface area contributed by atoms with Crippen molar-refractivity contribution in [2.24, 2.45) is 0 Å². The predicted molar refractivity (Wildman–Crippen MR) is 76.6 cm³/mol. The molecule has 0 amide bonds. The van der Waals surface area contributed by atoms with Gasteiger partial charge in [0.1, 0.15) is 0 Å². The average molecular weight is 248 g/mol. The number of nitriles is 1. The first-order valence-electron chi connectivity index (χ1n) is 6.58. The molecule has 2 aromatic carbocycles. The van der Waals surface area contributed by atoms with Crippen LogP contribution in [0.25, 0.3) is 11.1 Å². The minimum atomic E-state index is 0.821. The van der Waals surface area contributed by atoms with E-state index in [1.165, 1.54) is 22.3 Å². The molecule has 19 heavy (non-hydrogen) atoms. The second kappa shape index (κ2) is 4.87. The molecule has 94 valence electrons. The van der Waals surface area contributed by atoms with Gasteiger partial charge in [-0.3, -0.25) is 0 Å². The molecule has 0 unspecified atom stereocenters. The van der Waals surface area contributed by atoms with E-state index in [-0.39, 0.29) is 0 Å². The Morgan fingerprint density at radius 1 is 1.05 bits per heavy atom. The van der Waals surface area contributed by atoms with Crippen molar-refractivity contribution in [1.29, 1.82) is 5.26 Å². The minimum Gasteiger partial charge on any atom is -0.302 e. The van der Waals surface area contributed by atoms with Crippen LogP contribution >= 0.6 is 0 Å². The number of hydrogen-bond donors (Lipinski definition) is 0. The maximum Gasteiger partial charge on any atom is 0.0995 e. The molecule has 0 spiro atoms. The molecule has 3 rings (SSSR count). The van der Waals surface area contributed by atoms with Crippen molar-refractivity contribution >= 4 is 0 Å². The van der Waals surface area contributed by atoms with Gasteiger partial charge in [-0.25, -0.2) is 0 Å². The summed E-state index contributed by atoms with van der Waals surface area (Å²) in [6.07, 6.45) is 1.02. The third-order valence-corrected chi connectivity index (χ3v) is 3.81. The van der Waals surface area contributed by atoms with E-state index in [0.717, 1.165) is 25.1 Å². The molecule has 0 aliphatic carbocycles. The number of hydrogen-bond acceptors (Lipinski definition) is 2. The lowest BCUT2D eigenvalue weighted by molar-refractivity contribution is 0.313. The van der Waals surface area contributed by atoms with Gasteiger partial charge in [0.05, 0.1) is 11.6 Å². The molecule has 1 aliphatic heterocycles. The van der Waals surface area contributed by atoms with Gasteiger partial charge in [0.25, 0.3) is 0 Å². The molecule has 0 bridgehead atoms. The van der Waals surface area contributed by atoms with E-state index in [1.54, 1.807) is 0 Å². The molecule has 0 fully saturated rings. The fourth-order valence-electron chi connectivity index (χ4n) is 2.80. The van der Waals surface area contributed by atoms with Gasteiger partial charge < -0.3 is 4.90 Å². The van der Waals surface area contributed by atoms with E-state index in [1.807, 2.05) is 12.1 Å². The van der Waals surface area contributed by atoms with Crippen molar-refractivity contribution < 1.29 is 0 Å². The van der Waals surface area contributed by atoms with E-state index in [4.69, 9.17) is 0 Å². The van der Waals surface area contributed by atoms with E-state index >= 15 is 0 Å². The lowest BCUT2D eigenvalue weighted by atomic mass is 9.88. The van der Waals surface area contributed by atoms with Gasteiger partial charge in [0.2, 0.25) is 0 Å². The summed E-state index contributed by atoms with van der Waals surface area (Å²) in [7, 11) is 2.11. The van der Waals surface area contributed by atoms with Gasteiger partial charge in [0.15, 0.2) is 0 Å². The zero-order valence-corrected chi connectivity index (χ0v) is 11.1. The van der Waals surface area contributed by atoms with E-state index < -0.39 is 0 Å². The maximum atomic E-state index is 9.27. The largest absolute Gasteiger partial charge is 0.302 e. The highest BCUT2D eigenvalue weighted by Crippen LogP contribution is 2.31. The van der Waals surface area contributed by atoms with Crippen molar-refractivity contribution in [1.82, 2.24) is 4.90 Å². The first-order chi connectivity index (χ1) is 9.29. The van der Waals surface area contributed by atoms with Gasteiger partial charge in [-0.05, 0) is 41.8 Å². The van der Waals surface area contributed by atoms with E-state index in [2.05, 4.69) is 48.3 Å². The number of benzene rings is 2. The highest BCUT2D eigenvalue weighted by Gasteiger charge is 2.20. The molecule has 1 heterocycles. The van der Waals surface area contributed by atoms with E-state index in [9.17, 15) is 5.26 Å². The normalized spacial score (nSPS) is 14.7. The molecule has 0 saturated carbocycles. The van der Waals surface area contributed by atoms with Crippen molar-refractivity contribution in [2.75, 3.05) is 13.6 Å². The number of fused-ring (bicyclic) bond motifs is 1. The summed E-state index contributed by atoms with van der Waals surface area (Å²) in [4.78, 5) is 2.28. The van der Waals surface area contributed by atoms with Crippen LogP contribution in [-0.4, -0.2) is 18.5 Å². The van der Waals surface area contributed by atoms with Gasteiger partial charge >= 0.3 is 0 Å². The summed E-state index contributed by atoms with van der Waals surface area (Å²) in [6, 6.07) is 16.8. The predicted octanol–water partition coefficient (Wildman–Crippen LogP) is 3.21. The third kappa shape index (κ3) is 2.14. The van der Waals surface area contributed by atoms with Crippen LogP contribution in [0, 0.1) is 11.3 Å². The quantitative estimate of drug-likeness (QED) is 0.775. The Bertz CT molecular complexity index is 638. The van der Waals surface area contributed by atoms with Crippen molar-refractivity contribution in [3.63, 3.8) is 0 Å². The first kappa shape index (κ1) is 12.0. The van der Waals surface area contributed by atoms with Gasteiger partial charge in [-0.2, -0.15) is 5.26 Å².